The standard InChI is InChI=1S/C29H49O8P/c1-3-5-7-9-11-12-13-14-15-16-18-20-22-24-29(31)37-27(26-36-38(32,33)34)25-35-28(30)23-21-19-17-10-8-6-4-2/h6,8,14-15,17-20,27H,3-5,7,9-13,16,21-26H2,1-2H3,(H2,32,33,34)/b8-6+,15-14+,19-17+,20-18+. The van der Waals surface area contributed by atoms with E-state index in [2.05, 4.69) is 36.6 Å². The highest BCUT2D eigenvalue weighted by Crippen LogP contribution is 2.35. The first-order chi connectivity index (χ1) is 18.3. The summed E-state index contributed by atoms with van der Waals surface area (Å²) in [6.07, 6.45) is 27.6. The van der Waals surface area contributed by atoms with Crippen LogP contribution >= 0.6 is 7.82 Å². The topological polar surface area (TPSA) is 119 Å². The van der Waals surface area contributed by atoms with Crippen molar-refractivity contribution in [2.75, 3.05) is 13.2 Å². The Hall–Kier alpha value is -1.99. The van der Waals surface area contributed by atoms with Gasteiger partial charge in [0.1, 0.15) is 6.61 Å². The Kier molecular flexibility index (Phi) is 24.0. The molecule has 0 saturated heterocycles. The molecule has 0 heterocycles. The molecule has 1 atom stereocenters. The zero-order valence-corrected chi connectivity index (χ0v) is 24.2. The van der Waals surface area contributed by atoms with Crippen LogP contribution in [0.1, 0.15) is 104 Å². The van der Waals surface area contributed by atoms with Crippen LogP contribution in [-0.2, 0) is 28.2 Å². The van der Waals surface area contributed by atoms with Crippen molar-refractivity contribution in [3.05, 3.63) is 48.6 Å². The number of unbranched alkanes of at least 4 members (excludes halogenated alkanes) is 6. The molecule has 0 saturated carbocycles. The fourth-order valence-electron chi connectivity index (χ4n) is 3.31. The van der Waals surface area contributed by atoms with Gasteiger partial charge in [0, 0.05) is 12.8 Å². The van der Waals surface area contributed by atoms with Crippen molar-refractivity contribution in [1.29, 1.82) is 0 Å². The number of phosphoric acid groups is 1. The van der Waals surface area contributed by atoms with Gasteiger partial charge >= 0.3 is 19.8 Å². The maximum absolute atomic E-state index is 12.2. The summed E-state index contributed by atoms with van der Waals surface area (Å²) >= 11 is 0. The first kappa shape index (κ1) is 36.0. The molecular weight excluding hydrogens is 507 g/mol. The molecule has 0 aromatic carbocycles. The van der Waals surface area contributed by atoms with Crippen LogP contribution in [-0.4, -0.2) is 41.0 Å². The Morgan fingerprint density at radius 2 is 1.26 bits per heavy atom. The van der Waals surface area contributed by atoms with Gasteiger partial charge < -0.3 is 19.3 Å². The molecule has 0 aliphatic heterocycles. The molecule has 0 spiro atoms. The Balaban J connectivity index is 4.26. The quantitative estimate of drug-likeness (QED) is 0.0551. The lowest BCUT2D eigenvalue weighted by molar-refractivity contribution is -0.161. The van der Waals surface area contributed by atoms with Crippen molar-refractivity contribution in [2.24, 2.45) is 0 Å². The average molecular weight is 557 g/mol. The van der Waals surface area contributed by atoms with Crippen LogP contribution in [0, 0.1) is 0 Å². The number of hydrogen-bond acceptors (Lipinski definition) is 6. The lowest BCUT2D eigenvalue weighted by Gasteiger charge is -2.18. The van der Waals surface area contributed by atoms with Gasteiger partial charge in [0.2, 0.25) is 0 Å². The normalized spacial score (nSPS) is 13.3. The molecule has 2 N–H and O–H groups in total. The minimum Gasteiger partial charge on any atom is -0.462 e. The van der Waals surface area contributed by atoms with Crippen LogP contribution in [0.5, 0.6) is 0 Å². The van der Waals surface area contributed by atoms with E-state index in [1.54, 1.807) is 0 Å². The van der Waals surface area contributed by atoms with Crippen LogP contribution < -0.4 is 0 Å². The summed E-state index contributed by atoms with van der Waals surface area (Å²) in [5, 5.41) is 0. The van der Waals surface area contributed by atoms with E-state index in [4.69, 9.17) is 19.3 Å². The van der Waals surface area contributed by atoms with E-state index in [0.29, 0.717) is 12.8 Å². The van der Waals surface area contributed by atoms with Crippen molar-refractivity contribution in [2.45, 2.75) is 110 Å². The molecule has 0 aliphatic rings. The Labute approximate surface area is 229 Å². The van der Waals surface area contributed by atoms with E-state index in [0.717, 1.165) is 25.7 Å². The first-order valence-corrected chi connectivity index (χ1v) is 15.5. The molecule has 0 rings (SSSR count). The predicted molar refractivity (Wildman–Crippen MR) is 151 cm³/mol. The number of ether oxygens (including phenoxy) is 2. The first-order valence-electron chi connectivity index (χ1n) is 13.9. The Morgan fingerprint density at radius 3 is 1.87 bits per heavy atom. The van der Waals surface area contributed by atoms with Gasteiger partial charge in [0.15, 0.2) is 6.10 Å². The molecule has 0 aliphatic carbocycles. The number of rotatable bonds is 24. The van der Waals surface area contributed by atoms with Gasteiger partial charge in [-0.3, -0.25) is 14.1 Å². The molecule has 218 valence electrons. The highest BCUT2D eigenvalue weighted by atomic mass is 31.2. The molecule has 0 fully saturated rings. The largest absolute Gasteiger partial charge is 0.469 e. The summed E-state index contributed by atoms with van der Waals surface area (Å²) in [7, 11) is -4.76. The van der Waals surface area contributed by atoms with Crippen molar-refractivity contribution in [3.8, 4) is 0 Å². The molecular formula is C29H49O8P. The molecule has 0 aromatic heterocycles. The molecule has 0 aromatic rings. The van der Waals surface area contributed by atoms with E-state index in [1.165, 1.54) is 38.5 Å². The van der Waals surface area contributed by atoms with Crippen molar-refractivity contribution >= 4 is 19.8 Å². The summed E-state index contributed by atoms with van der Waals surface area (Å²) in [5.74, 6) is -1.06. The van der Waals surface area contributed by atoms with Crippen LogP contribution in [0.2, 0.25) is 0 Å². The summed E-state index contributed by atoms with van der Waals surface area (Å²) in [6.45, 7) is 3.36. The average Bonchev–Trinajstić information content (AvgIpc) is 2.87. The molecule has 1 unspecified atom stereocenters. The van der Waals surface area contributed by atoms with E-state index in [1.807, 2.05) is 30.4 Å². The number of carbonyl (C=O) groups is 2. The van der Waals surface area contributed by atoms with Gasteiger partial charge in [-0.05, 0) is 44.9 Å². The van der Waals surface area contributed by atoms with E-state index in [9.17, 15) is 14.2 Å². The molecule has 0 radical (unpaired) electrons. The number of allylic oxidation sites excluding steroid dienone is 8. The monoisotopic (exact) mass is 556 g/mol. The summed E-state index contributed by atoms with van der Waals surface area (Å²) < 4.78 is 25.8. The second-order valence-corrected chi connectivity index (χ2v) is 10.2. The minimum atomic E-state index is -4.76. The third-order valence-electron chi connectivity index (χ3n) is 5.36. The van der Waals surface area contributed by atoms with Crippen LogP contribution in [0.15, 0.2) is 48.6 Å². The number of carbonyl (C=O) groups excluding carboxylic acids is 2. The third-order valence-corrected chi connectivity index (χ3v) is 5.84. The van der Waals surface area contributed by atoms with Gasteiger partial charge in [-0.15, -0.1) is 0 Å². The third kappa shape index (κ3) is 27.1. The maximum Gasteiger partial charge on any atom is 0.469 e. The molecule has 8 nitrogen and oxygen atoms in total. The lowest BCUT2D eigenvalue weighted by atomic mass is 10.1. The summed E-state index contributed by atoms with van der Waals surface area (Å²) in [5.41, 5.74) is 0. The number of phosphoric ester groups is 1. The van der Waals surface area contributed by atoms with Crippen LogP contribution in [0.25, 0.3) is 0 Å². The fourth-order valence-corrected chi connectivity index (χ4v) is 3.67. The minimum absolute atomic E-state index is 0.0929. The summed E-state index contributed by atoms with van der Waals surface area (Å²) in [6, 6.07) is 0. The van der Waals surface area contributed by atoms with E-state index >= 15 is 0 Å². The van der Waals surface area contributed by atoms with Crippen molar-refractivity contribution < 1.29 is 37.9 Å². The van der Waals surface area contributed by atoms with Crippen LogP contribution in [0.3, 0.4) is 0 Å². The van der Waals surface area contributed by atoms with Gasteiger partial charge in [0.05, 0.1) is 6.61 Å². The SMILES string of the molecule is CC/C=C/C/C=C/CCC(=O)OCC(COP(=O)(O)O)OC(=O)CC/C=C/C/C=C/CCCCCCCC. The predicted octanol–water partition coefficient (Wildman–Crippen LogP) is 7.28. The second-order valence-electron chi connectivity index (χ2n) is 8.98. The fraction of sp³-hybridized carbons (Fsp3) is 0.655. The maximum atomic E-state index is 12.2. The van der Waals surface area contributed by atoms with Gasteiger partial charge in [-0.2, -0.15) is 0 Å². The van der Waals surface area contributed by atoms with Gasteiger partial charge in [-0.25, -0.2) is 4.57 Å². The molecule has 0 amide bonds. The zero-order chi connectivity index (χ0) is 28.3. The lowest BCUT2D eigenvalue weighted by Crippen LogP contribution is -2.29. The van der Waals surface area contributed by atoms with E-state index in [-0.39, 0.29) is 19.4 Å². The highest BCUT2D eigenvalue weighted by Gasteiger charge is 2.22. The molecule has 0 bridgehead atoms. The van der Waals surface area contributed by atoms with E-state index < -0.39 is 32.5 Å². The number of hydrogen-bond donors (Lipinski definition) is 2. The van der Waals surface area contributed by atoms with Gasteiger partial charge in [0.25, 0.3) is 0 Å². The number of esters is 2. The second kappa shape index (κ2) is 25.3. The summed E-state index contributed by atoms with van der Waals surface area (Å²) in [4.78, 5) is 42.0. The van der Waals surface area contributed by atoms with Crippen LogP contribution in [0.4, 0.5) is 0 Å². The highest BCUT2D eigenvalue weighted by molar-refractivity contribution is 7.46. The van der Waals surface area contributed by atoms with Gasteiger partial charge in [-0.1, -0.05) is 94.6 Å². The zero-order valence-electron chi connectivity index (χ0n) is 23.3. The Bertz CT molecular complexity index is 767. The molecule has 38 heavy (non-hydrogen) atoms. The Morgan fingerprint density at radius 1 is 0.711 bits per heavy atom. The van der Waals surface area contributed by atoms with Crippen molar-refractivity contribution in [1.82, 2.24) is 0 Å². The van der Waals surface area contributed by atoms with Crippen molar-refractivity contribution in [3.63, 3.8) is 0 Å². The smallest absolute Gasteiger partial charge is 0.462 e. The molecule has 9 heteroatoms.